The highest BCUT2D eigenvalue weighted by atomic mass is 16.6. The third kappa shape index (κ3) is 55.6. The molecule has 0 aliphatic carbocycles. The van der Waals surface area contributed by atoms with Gasteiger partial charge in [-0.1, -0.05) is 236 Å². The molecule has 0 aliphatic heterocycles. The Hall–Kier alpha value is -5.23. The molecule has 0 aliphatic rings. The molecule has 1 unspecified atom stereocenters. The van der Waals surface area contributed by atoms with Gasteiger partial charge in [0.25, 0.3) is 0 Å². The first kappa shape index (κ1) is 65.8. The molecule has 0 N–H and O–H groups in total. The summed E-state index contributed by atoms with van der Waals surface area (Å²) >= 11 is 0. The van der Waals surface area contributed by atoms with Crippen LogP contribution in [0.4, 0.5) is 0 Å². The Kier molecular flexibility index (Phi) is 53.1. The Labute approximate surface area is 434 Å². The number of allylic oxidation sites excluding steroid dienone is 27. The molecule has 0 aromatic rings. The summed E-state index contributed by atoms with van der Waals surface area (Å²) in [6.45, 7) is 6.22. The van der Waals surface area contributed by atoms with Crippen molar-refractivity contribution in [3.05, 3.63) is 170 Å². The van der Waals surface area contributed by atoms with Gasteiger partial charge in [0, 0.05) is 12.8 Å². The van der Waals surface area contributed by atoms with Crippen molar-refractivity contribution in [2.75, 3.05) is 13.2 Å². The van der Waals surface area contributed by atoms with Crippen molar-refractivity contribution < 1.29 is 28.6 Å². The van der Waals surface area contributed by atoms with E-state index in [1.807, 2.05) is 6.08 Å². The quantitative estimate of drug-likeness (QED) is 0.0262. The van der Waals surface area contributed by atoms with Gasteiger partial charge >= 0.3 is 17.9 Å². The molecule has 394 valence electrons. The van der Waals surface area contributed by atoms with Crippen LogP contribution in [0, 0.1) is 0 Å². The molecule has 0 bridgehead atoms. The smallest absolute Gasteiger partial charge is 0.310 e. The van der Waals surface area contributed by atoms with E-state index in [1.165, 1.54) is 25.7 Å². The van der Waals surface area contributed by atoms with Crippen LogP contribution in [-0.2, 0) is 28.6 Å². The molecule has 0 saturated heterocycles. The predicted octanol–water partition coefficient (Wildman–Crippen LogP) is 18.8. The van der Waals surface area contributed by atoms with Crippen molar-refractivity contribution in [2.24, 2.45) is 0 Å². The first-order valence-corrected chi connectivity index (χ1v) is 27.6. The van der Waals surface area contributed by atoms with Gasteiger partial charge in [0.2, 0.25) is 0 Å². The minimum atomic E-state index is -0.851. The summed E-state index contributed by atoms with van der Waals surface area (Å²) in [4.78, 5) is 37.8. The number of unbranched alkanes of at least 4 members (excludes halogenated alkanes) is 9. The normalized spacial score (nSPS) is 13.5. The van der Waals surface area contributed by atoms with Gasteiger partial charge in [-0.2, -0.15) is 0 Å². The third-order valence-corrected chi connectivity index (χ3v) is 10.7. The molecule has 0 amide bonds. The number of rotatable bonds is 47. The molecule has 0 fully saturated rings. The molecule has 0 saturated carbocycles. The number of carbonyl (C=O) groups excluding carboxylic acids is 3. The molecule has 0 rings (SSSR count). The maximum Gasteiger partial charge on any atom is 0.310 e. The Bertz CT molecular complexity index is 1690. The monoisotopic (exact) mass is 975 g/mol. The van der Waals surface area contributed by atoms with Crippen molar-refractivity contribution in [1.82, 2.24) is 0 Å². The van der Waals surface area contributed by atoms with Crippen molar-refractivity contribution in [3.8, 4) is 0 Å². The standard InChI is InChI=1S/C65H98O6/c1-4-7-10-13-16-18-20-22-24-25-26-27-28-29-30-31-32-33-34-35-36-37-38-39-41-42-44-46-49-52-55-58-64(67)70-61-62(60-69-63(66)57-54-51-48-15-12-9-6-3)71-65(68)59-56-53-50-47-45-43-40-23-21-19-17-14-11-8-5-2/h7-8,10-11,16-19,22-24,26-27,29-30,32-33,35-36,38-40,42,44-45,47,53,56,62H,4-6,9,12-15,20-21,25,28,31,34,37,41,43,46,48-52,54-55,57-61H2,1-3H3/b10-7-,11-8-,18-16-,19-17-,24-22-,27-26-,30-29-,33-32-,36-35-,39-38-,40-23-,44-42-,47-45-,56-53-. The van der Waals surface area contributed by atoms with Gasteiger partial charge in [-0.3, -0.25) is 14.4 Å². The highest BCUT2D eigenvalue weighted by molar-refractivity contribution is 5.72. The minimum Gasteiger partial charge on any atom is -0.462 e. The average molecular weight is 975 g/mol. The minimum absolute atomic E-state index is 0.0817. The van der Waals surface area contributed by atoms with Crippen molar-refractivity contribution in [1.29, 1.82) is 0 Å². The molecule has 0 aromatic carbocycles. The Balaban J connectivity index is 4.36. The lowest BCUT2D eigenvalue weighted by atomic mass is 10.1. The van der Waals surface area contributed by atoms with E-state index in [-0.39, 0.29) is 31.6 Å². The summed E-state index contributed by atoms with van der Waals surface area (Å²) in [6.07, 6.45) is 85.4. The lowest BCUT2D eigenvalue weighted by molar-refractivity contribution is -0.166. The summed E-state index contributed by atoms with van der Waals surface area (Å²) < 4.78 is 16.6. The number of esters is 3. The maximum absolute atomic E-state index is 12.7. The molecular formula is C65H98O6. The molecular weight excluding hydrogens is 877 g/mol. The Morgan fingerprint density at radius 3 is 0.930 bits per heavy atom. The molecule has 0 radical (unpaired) electrons. The van der Waals surface area contributed by atoms with Crippen LogP contribution in [0.1, 0.15) is 201 Å². The van der Waals surface area contributed by atoms with E-state index < -0.39 is 12.1 Å². The van der Waals surface area contributed by atoms with Crippen LogP contribution in [0.5, 0.6) is 0 Å². The molecule has 0 heterocycles. The van der Waals surface area contributed by atoms with Crippen LogP contribution in [-0.4, -0.2) is 37.2 Å². The first-order valence-electron chi connectivity index (χ1n) is 27.6. The van der Waals surface area contributed by atoms with Crippen molar-refractivity contribution in [2.45, 2.75) is 207 Å². The fourth-order valence-electron chi connectivity index (χ4n) is 6.68. The SMILES string of the molecule is CC/C=C\C/C=C\C/C=C\C/C=C\C/C=C\C/C=C\C/C=C\C/C=C\C/C=C\CCCCCC(=O)OCC(COC(=O)CCCCCCCCC)OC(=O)C/C=C\C/C=C\C/C=C\C/C=C\C/C=C\CC. The van der Waals surface area contributed by atoms with E-state index in [1.54, 1.807) is 6.08 Å². The van der Waals surface area contributed by atoms with E-state index in [2.05, 4.69) is 179 Å². The summed E-state index contributed by atoms with van der Waals surface area (Å²) in [5, 5.41) is 0. The molecule has 71 heavy (non-hydrogen) atoms. The lowest BCUT2D eigenvalue weighted by Crippen LogP contribution is -2.30. The van der Waals surface area contributed by atoms with Gasteiger partial charge in [0.05, 0.1) is 6.42 Å². The van der Waals surface area contributed by atoms with Gasteiger partial charge in [-0.25, -0.2) is 0 Å². The van der Waals surface area contributed by atoms with Gasteiger partial charge in [0.15, 0.2) is 6.10 Å². The van der Waals surface area contributed by atoms with E-state index in [9.17, 15) is 14.4 Å². The summed E-state index contributed by atoms with van der Waals surface area (Å²) in [5.41, 5.74) is 0. The maximum atomic E-state index is 12.7. The first-order chi connectivity index (χ1) is 35.0. The molecule has 6 heteroatoms. The van der Waals surface area contributed by atoms with Gasteiger partial charge in [0.1, 0.15) is 13.2 Å². The number of ether oxygens (including phenoxy) is 3. The van der Waals surface area contributed by atoms with Crippen LogP contribution in [0.25, 0.3) is 0 Å². The van der Waals surface area contributed by atoms with Crippen LogP contribution < -0.4 is 0 Å². The van der Waals surface area contributed by atoms with E-state index in [0.717, 1.165) is 128 Å². The van der Waals surface area contributed by atoms with E-state index >= 15 is 0 Å². The van der Waals surface area contributed by atoms with Crippen LogP contribution in [0.3, 0.4) is 0 Å². The number of carbonyl (C=O) groups is 3. The number of hydrogen-bond acceptors (Lipinski definition) is 6. The van der Waals surface area contributed by atoms with Gasteiger partial charge in [-0.05, 0) is 116 Å². The zero-order chi connectivity index (χ0) is 51.4. The van der Waals surface area contributed by atoms with Crippen LogP contribution in [0.2, 0.25) is 0 Å². The largest absolute Gasteiger partial charge is 0.462 e. The van der Waals surface area contributed by atoms with Crippen molar-refractivity contribution in [3.63, 3.8) is 0 Å². The molecule has 0 aromatic heterocycles. The summed E-state index contributed by atoms with van der Waals surface area (Å²) in [5.74, 6) is -1.12. The summed E-state index contributed by atoms with van der Waals surface area (Å²) in [7, 11) is 0. The van der Waals surface area contributed by atoms with Gasteiger partial charge < -0.3 is 14.2 Å². The fourth-order valence-corrected chi connectivity index (χ4v) is 6.68. The number of hydrogen-bond donors (Lipinski definition) is 0. The zero-order valence-electron chi connectivity index (χ0n) is 44.9. The second kappa shape index (κ2) is 57.3. The predicted molar refractivity (Wildman–Crippen MR) is 306 cm³/mol. The Morgan fingerprint density at radius 1 is 0.310 bits per heavy atom. The van der Waals surface area contributed by atoms with Crippen LogP contribution >= 0.6 is 0 Å². The second-order valence-electron chi connectivity index (χ2n) is 17.4. The molecule has 0 spiro atoms. The molecule has 6 nitrogen and oxygen atoms in total. The molecule has 1 atom stereocenters. The van der Waals surface area contributed by atoms with Crippen LogP contribution in [0.15, 0.2) is 170 Å². The average Bonchev–Trinajstić information content (AvgIpc) is 3.37. The van der Waals surface area contributed by atoms with E-state index in [4.69, 9.17) is 14.2 Å². The Morgan fingerprint density at radius 2 is 0.592 bits per heavy atom. The highest BCUT2D eigenvalue weighted by Gasteiger charge is 2.19. The van der Waals surface area contributed by atoms with Crippen molar-refractivity contribution >= 4 is 17.9 Å². The van der Waals surface area contributed by atoms with Gasteiger partial charge in [-0.15, -0.1) is 0 Å². The lowest BCUT2D eigenvalue weighted by Gasteiger charge is -2.18. The fraction of sp³-hybridized carbons (Fsp3) is 0.523. The summed E-state index contributed by atoms with van der Waals surface area (Å²) in [6, 6.07) is 0. The third-order valence-electron chi connectivity index (χ3n) is 10.7. The highest BCUT2D eigenvalue weighted by Crippen LogP contribution is 2.11. The van der Waals surface area contributed by atoms with E-state index in [0.29, 0.717) is 19.3 Å². The topological polar surface area (TPSA) is 78.9 Å². The second-order valence-corrected chi connectivity index (χ2v) is 17.4. The zero-order valence-corrected chi connectivity index (χ0v) is 44.9.